The average Bonchev–Trinajstić information content (AvgIpc) is 2.37. The first-order valence-electron chi connectivity index (χ1n) is 5.27. The number of hydrogen-bond acceptors (Lipinski definition) is 4. The van der Waals surface area contributed by atoms with E-state index in [1.54, 1.807) is 0 Å². The number of hydrogen-bond donors (Lipinski definition) is 0. The molecule has 0 saturated heterocycles. The van der Waals surface area contributed by atoms with Gasteiger partial charge in [-0.1, -0.05) is 34.8 Å². The number of benzene rings is 1. The van der Waals surface area contributed by atoms with Gasteiger partial charge in [-0.2, -0.15) is 0 Å². The summed E-state index contributed by atoms with van der Waals surface area (Å²) in [7, 11) is 1.30. The lowest BCUT2D eigenvalue weighted by Crippen LogP contribution is -1.97. The lowest BCUT2D eigenvalue weighted by Gasteiger charge is -2.08. The molecule has 0 radical (unpaired) electrons. The van der Waals surface area contributed by atoms with Crippen LogP contribution in [0.4, 0.5) is 5.69 Å². The SMILES string of the molecule is COc1ncc(-c2c(Cl)cc(Cl)cc2Cl)cc1[N+](=O)[O-]. The van der Waals surface area contributed by atoms with Crippen LogP contribution < -0.4 is 4.74 Å². The highest BCUT2D eigenvalue weighted by Crippen LogP contribution is 2.39. The van der Waals surface area contributed by atoms with Crippen molar-refractivity contribution < 1.29 is 9.66 Å². The van der Waals surface area contributed by atoms with Crippen molar-refractivity contribution in [3.8, 4) is 17.0 Å². The van der Waals surface area contributed by atoms with E-state index in [1.807, 2.05) is 0 Å². The lowest BCUT2D eigenvalue weighted by molar-refractivity contribution is -0.386. The van der Waals surface area contributed by atoms with Crippen molar-refractivity contribution in [3.05, 3.63) is 49.6 Å². The molecule has 5 nitrogen and oxygen atoms in total. The van der Waals surface area contributed by atoms with E-state index in [1.165, 1.54) is 31.5 Å². The van der Waals surface area contributed by atoms with Crippen molar-refractivity contribution in [1.82, 2.24) is 4.98 Å². The number of pyridine rings is 1. The molecule has 0 aliphatic heterocycles. The number of nitrogens with zero attached hydrogens (tertiary/aromatic N) is 2. The van der Waals surface area contributed by atoms with Gasteiger partial charge in [0.05, 0.1) is 22.1 Å². The zero-order valence-corrected chi connectivity index (χ0v) is 12.3. The van der Waals surface area contributed by atoms with Crippen molar-refractivity contribution in [3.63, 3.8) is 0 Å². The molecule has 0 unspecified atom stereocenters. The Morgan fingerprint density at radius 3 is 2.30 bits per heavy atom. The van der Waals surface area contributed by atoms with E-state index in [-0.39, 0.29) is 21.6 Å². The topological polar surface area (TPSA) is 65.3 Å². The van der Waals surface area contributed by atoms with Crippen LogP contribution in [0.5, 0.6) is 5.88 Å². The summed E-state index contributed by atoms with van der Waals surface area (Å²) in [6.45, 7) is 0. The Hall–Kier alpha value is -1.56. The summed E-state index contributed by atoms with van der Waals surface area (Å²) in [4.78, 5) is 14.3. The summed E-state index contributed by atoms with van der Waals surface area (Å²) in [5, 5.41) is 11.9. The molecule has 8 heteroatoms. The fourth-order valence-corrected chi connectivity index (χ4v) is 2.72. The maximum atomic E-state index is 11.0. The Morgan fingerprint density at radius 1 is 1.20 bits per heavy atom. The molecule has 0 N–H and O–H groups in total. The van der Waals surface area contributed by atoms with E-state index in [9.17, 15) is 10.1 Å². The monoisotopic (exact) mass is 332 g/mol. The zero-order valence-electron chi connectivity index (χ0n) is 10.1. The average molecular weight is 334 g/mol. The van der Waals surface area contributed by atoms with Crippen LogP contribution in [0.15, 0.2) is 24.4 Å². The molecule has 2 aromatic rings. The Kier molecular flexibility index (Phi) is 4.32. The highest BCUT2D eigenvalue weighted by Gasteiger charge is 2.20. The first kappa shape index (κ1) is 14.8. The number of nitro groups is 1. The molecule has 0 bridgehead atoms. The van der Waals surface area contributed by atoms with E-state index in [0.717, 1.165) is 0 Å². The van der Waals surface area contributed by atoms with Gasteiger partial charge < -0.3 is 4.74 Å². The zero-order chi connectivity index (χ0) is 14.9. The van der Waals surface area contributed by atoms with E-state index in [4.69, 9.17) is 39.5 Å². The predicted octanol–water partition coefficient (Wildman–Crippen LogP) is 4.63. The van der Waals surface area contributed by atoms with Crippen LogP contribution in [0.2, 0.25) is 15.1 Å². The highest BCUT2D eigenvalue weighted by atomic mass is 35.5. The second-order valence-corrected chi connectivity index (χ2v) is 5.00. The van der Waals surface area contributed by atoms with Crippen molar-refractivity contribution in [2.75, 3.05) is 7.11 Å². The Balaban J connectivity index is 2.65. The minimum absolute atomic E-state index is 0.0834. The van der Waals surface area contributed by atoms with Crippen molar-refractivity contribution in [2.24, 2.45) is 0 Å². The molecular weight excluding hydrogens is 327 g/mol. The summed E-state index contributed by atoms with van der Waals surface area (Å²) >= 11 is 18.0. The number of halogens is 3. The van der Waals surface area contributed by atoms with Crippen LogP contribution in [0.25, 0.3) is 11.1 Å². The van der Waals surface area contributed by atoms with Crippen LogP contribution in [0.3, 0.4) is 0 Å². The molecule has 2 rings (SSSR count). The Labute approximate surface area is 129 Å². The molecule has 0 atom stereocenters. The molecule has 0 saturated carbocycles. The molecule has 1 heterocycles. The Bertz CT molecular complexity index is 669. The lowest BCUT2D eigenvalue weighted by atomic mass is 10.1. The van der Waals surface area contributed by atoms with Gasteiger partial charge >= 0.3 is 5.69 Å². The number of rotatable bonds is 3. The van der Waals surface area contributed by atoms with Crippen molar-refractivity contribution >= 4 is 40.5 Å². The quantitative estimate of drug-likeness (QED) is 0.607. The molecule has 20 heavy (non-hydrogen) atoms. The van der Waals surface area contributed by atoms with Gasteiger partial charge in [-0.15, -0.1) is 0 Å². The first-order valence-corrected chi connectivity index (χ1v) is 6.40. The van der Waals surface area contributed by atoms with E-state index < -0.39 is 4.92 Å². The van der Waals surface area contributed by atoms with Gasteiger partial charge in [0, 0.05) is 28.4 Å². The molecule has 0 amide bonds. The molecule has 0 aliphatic rings. The van der Waals surface area contributed by atoms with Gasteiger partial charge in [-0.05, 0) is 12.1 Å². The predicted molar refractivity (Wildman–Crippen MR) is 77.9 cm³/mol. The minimum Gasteiger partial charge on any atom is -0.476 e. The fourth-order valence-electron chi connectivity index (χ4n) is 1.68. The van der Waals surface area contributed by atoms with Crippen molar-refractivity contribution in [2.45, 2.75) is 0 Å². The highest BCUT2D eigenvalue weighted by molar-refractivity contribution is 6.41. The summed E-state index contributed by atoms with van der Waals surface area (Å²) in [5.41, 5.74) is 0.562. The minimum atomic E-state index is -0.590. The maximum absolute atomic E-state index is 11.0. The molecule has 1 aromatic heterocycles. The fraction of sp³-hybridized carbons (Fsp3) is 0.0833. The summed E-state index contributed by atoms with van der Waals surface area (Å²) in [5.74, 6) is -0.0834. The van der Waals surface area contributed by atoms with Crippen LogP contribution in [0.1, 0.15) is 0 Å². The van der Waals surface area contributed by atoms with Gasteiger partial charge in [-0.25, -0.2) is 4.98 Å². The summed E-state index contributed by atoms with van der Waals surface area (Å²) in [6, 6.07) is 4.30. The summed E-state index contributed by atoms with van der Waals surface area (Å²) < 4.78 is 4.84. The molecule has 104 valence electrons. The van der Waals surface area contributed by atoms with Crippen LogP contribution in [-0.2, 0) is 0 Å². The van der Waals surface area contributed by atoms with Gasteiger partial charge in [0.15, 0.2) is 0 Å². The maximum Gasteiger partial charge on any atom is 0.331 e. The van der Waals surface area contributed by atoms with E-state index in [0.29, 0.717) is 16.1 Å². The second kappa shape index (κ2) is 5.83. The molecular formula is C12H7Cl3N2O3. The molecule has 1 aromatic carbocycles. The van der Waals surface area contributed by atoms with Gasteiger partial charge in [-0.3, -0.25) is 10.1 Å². The molecule has 0 spiro atoms. The normalized spacial score (nSPS) is 10.4. The standard InChI is InChI=1S/C12H7Cl3N2O3/c1-20-12-10(17(18)19)2-6(5-16-12)11-8(14)3-7(13)4-9(11)15/h2-5H,1H3. The molecule has 0 aliphatic carbocycles. The third kappa shape index (κ3) is 2.80. The molecule has 0 fully saturated rings. The van der Waals surface area contributed by atoms with Crippen LogP contribution >= 0.6 is 34.8 Å². The summed E-state index contributed by atoms with van der Waals surface area (Å²) in [6.07, 6.45) is 1.40. The van der Waals surface area contributed by atoms with Gasteiger partial charge in [0.1, 0.15) is 0 Å². The van der Waals surface area contributed by atoms with E-state index >= 15 is 0 Å². The number of methoxy groups -OCH3 is 1. The third-order valence-corrected chi connectivity index (χ3v) is 3.33. The second-order valence-electron chi connectivity index (χ2n) is 3.75. The number of aromatic nitrogens is 1. The van der Waals surface area contributed by atoms with Crippen LogP contribution in [0, 0.1) is 10.1 Å². The smallest absolute Gasteiger partial charge is 0.331 e. The van der Waals surface area contributed by atoms with Crippen molar-refractivity contribution in [1.29, 1.82) is 0 Å². The Morgan fingerprint density at radius 2 is 1.80 bits per heavy atom. The van der Waals surface area contributed by atoms with E-state index in [2.05, 4.69) is 4.98 Å². The number of ether oxygens (including phenoxy) is 1. The van der Waals surface area contributed by atoms with Gasteiger partial charge in [0.2, 0.25) is 0 Å². The largest absolute Gasteiger partial charge is 0.476 e. The third-order valence-electron chi connectivity index (χ3n) is 2.52. The van der Waals surface area contributed by atoms with Gasteiger partial charge in [0.25, 0.3) is 5.88 Å². The first-order chi connectivity index (χ1) is 9.43. The van der Waals surface area contributed by atoms with Crippen LogP contribution in [-0.4, -0.2) is 17.0 Å².